The highest BCUT2D eigenvalue weighted by atomic mass is 31.1. The van der Waals surface area contributed by atoms with E-state index in [1.165, 1.54) is 19.2 Å². The highest BCUT2D eigenvalue weighted by Gasteiger charge is 1.88. The fourth-order valence-corrected chi connectivity index (χ4v) is 2.36. The van der Waals surface area contributed by atoms with Crippen LogP contribution < -0.4 is 20.1 Å². The zero-order valence-corrected chi connectivity index (χ0v) is 10.8. The summed E-state index contributed by atoms with van der Waals surface area (Å²) < 4.78 is 10.3. The Kier molecular flexibility index (Phi) is 4.00. The van der Waals surface area contributed by atoms with Gasteiger partial charge in [-0.3, -0.25) is 0 Å². The Hall–Kier alpha value is -1.53. The molecule has 0 N–H and O–H groups in total. The van der Waals surface area contributed by atoms with Crippen LogP contribution in [0.5, 0.6) is 11.5 Å². The number of hydrogen-bond acceptors (Lipinski definition) is 2. The first-order valence-electron chi connectivity index (χ1n) is 5.31. The van der Waals surface area contributed by atoms with Crippen molar-refractivity contribution in [2.75, 3.05) is 14.2 Å². The van der Waals surface area contributed by atoms with Crippen molar-refractivity contribution in [1.82, 2.24) is 0 Å². The van der Waals surface area contributed by atoms with Crippen LogP contribution in [0, 0.1) is 0 Å². The molecule has 3 heteroatoms. The van der Waals surface area contributed by atoms with Gasteiger partial charge in [0.2, 0.25) is 0 Å². The standard InChI is InChI=1S/C14H14O2P/c1-15-11-3-7-13(8-4-11)17-14-9-5-12(16-2)6-10-14/h3-10H,1-2H3/q-1. The van der Waals surface area contributed by atoms with Gasteiger partial charge in [-0.15, -0.1) is 0 Å². The fraction of sp³-hybridized carbons (Fsp3) is 0.143. The topological polar surface area (TPSA) is 18.5 Å². The van der Waals surface area contributed by atoms with Gasteiger partial charge < -0.3 is 18.1 Å². The molecule has 0 aliphatic heterocycles. The van der Waals surface area contributed by atoms with Gasteiger partial charge in [-0.05, 0) is 24.3 Å². The second-order valence-corrected chi connectivity index (χ2v) is 4.76. The van der Waals surface area contributed by atoms with E-state index in [1.54, 1.807) is 14.2 Å². The summed E-state index contributed by atoms with van der Waals surface area (Å²) in [6.45, 7) is 0. The highest BCUT2D eigenvalue weighted by Crippen LogP contribution is 2.16. The first-order valence-corrected chi connectivity index (χ1v) is 6.21. The molecule has 17 heavy (non-hydrogen) atoms. The van der Waals surface area contributed by atoms with Gasteiger partial charge in [0.05, 0.1) is 14.2 Å². The molecule has 2 nitrogen and oxygen atoms in total. The third-order valence-electron chi connectivity index (χ3n) is 2.40. The van der Waals surface area contributed by atoms with Crippen LogP contribution in [0.2, 0.25) is 0 Å². The summed E-state index contributed by atoms with van der Waals surface area (Å²) in [4.78, 5) is 0. The van der Waals surface area contributed by atoms with E-state index in [-0.39, 0.29) is 0 Å². The van der Waals surface area contributed by atoms with Crippen molar-refractivity contribution in [1.29, 1.82) is 0 Å². The van der Waals surface area contributed by atoms with Crippen LogP contribution in [-0.2, 0) is 0 Å². The molecule has 2 aromatic rings. The van der Waals surface area contributed by atoms with Crippen LogP contribution in [-0.4, -0.2) is 14.2 Å². The number of hydrogen-bond donors (Lipinski definition) is 0. The third kappa shape index (κ3) is 3.21. The predicted molar refractivity (Wildman–Crippen MR) is 72.2 cm³/mol. The van der Waals surface area contributed by atoms with Crippen molar-refractivity contribution in [3.05, 3.63) is 48.5 Å². The van der Waals surface area contributed by atoms with Crippen LogP contribution in [0.4, 0.5) is 0 Å². The van der Waals surface area contributed by atoms with E-state index < -0.39 is 0 Å². The molecule has 0 atom stereocenters. The van der Waals surface area contributed by atoms with E-state index in [4.69, 9.17) is 9.47 Å². The largest absolute Gasteiger partial charge is 0.497 e. The second kappa shape index (κ2) is 5.70. The third-order valence-corrected chi connectivity index (χ3v) is 3.52. The summed E-state index contributed by atoms with van der Waals surface area (Å²) in [7, 11) is 4.54. The van der Waals surface area contributed by atoms with Crippen molar-refractivity contribution in [2.24, 2.45) is 0 Å². The van der Waals surface area contributed by atoms with Gasteiger partial charge in [0.25, 0.3) is 0 Å². The predicted octanol–water partition coefficient (Wildman–Crippen LogP) is 2.60. The zero-order valence-electron chi connectivity index (χ0n) is 9.88. The Morgan fingerprint density at radius 1 is 0.647 bits per heavy atom. The van der Waals surface area contributed by atoms with Gasteiger partial charge in [-0.25, -0.2) is 0 Å². The van der Waals surface area contributed by atoms with Crippen molar-refractivity contribution in [3.8, 4) is 11.5 Å². The first-order chi connectivity index (χ1) is 8.31. The minimum absolute atomic E-state index is 0.888. The Labute approximate surface area is 103 Å². The lowest BCUT2D eigenvalue weighted by Crippen LogP contribution is -2.02. The molecule has 0 aliphatic rings. The van der Waals surface area contributed by atoms with E-state index >= 15 is 0 Å². The van der Waals surface area contributed by atoms with Gasteiger partial charge >= 0.3 is 0 Å². The number of ether oxygens (including phenoxy) is 2. The number of rotatable bonds is 4. The van der Waals surface area contributed by atoms with Gasteiger partial charge in [-0.2, -0.15) is 10.6 Å². The van der Waals surface area contributed by atoms with Crippen molar-refractivity contribution < 1.29 is 9.47 Å². The molecule has 0 saturated carbocycles. The van der Waals surface area contributed by atoms with Crippen LogP contribution in [0.3, 0.4) is 0 Å². The van der Waals surface area contributed by atoms with Crippen molar-refractivity contribution in [2.45, 2.75) is 0 Å². The SMILES string of the molecule is COc1ccc([P-]c2ccc(OC)cc2)cc1. The van der Waals surface area contributed by atoms with E-state index in [2.05, 4.69) is 24.3 Å². The van der Waals surface area contributed by atoms with Crippen LogP contribution in [0.15, 0.2) is 48.5 Å². The smallest absolute Gasteiger partial charge is 0.118 e. The van der Waals surface area contributed by atoms with Crippen LogP contribution >= 0.6 is 8.58 Å². The molecule has 0 saturated heterocycles. The maximum absolute atomic E-state index is 5.13. The van der Waals surface area contributed by atoms with E-state index in [1.807, 2.05) is 24.3 Å². The molecule has 2 rings (SSSR count). The molecule has 0 amide bonds. The van der Waals surface area contributed by atoms with Gasteiger partial charge in [0, 0.05) is 0 Å². The molecule has 2 aromatic carbocycles. The minimum atomic E-state index is 0.888. The van der Waals surface area contributed by atoms with E-state index in [9.17, 15) is 0 Å². The minimum Gasteiger partial charge on any atom is -0.497 e. The lowest BCUT2D eigenvalue weighted by Gasteiger charge is -2.19. The molecule has 0 aliphatic carbocycles. The molecular weight excluding hydrogens is 231 g/mol. The zero-order chi connectivity index (χ0) is 12.1. The Morgan fingerprint density at radius 3 is 1.29 bits per heavy atom. The number of methoxy groups -OCH3 is 2. The average molecular weight is 245 g/mol. The molecule has 88 valence electrons. The fourth-order valence-electron chi connectivity index (χ4n) is 1.46. The van der Waals surface area contributed by atoms with Crippen LogP contribution in [0.1, 0.15) is 0 Å². The Morgan fingerprint density at radius 2 is 1.00 bits per heavy atom. The van der Waals surface area contributed by atoms with Gasteiger partial charge in [0.15, 0.2) is 0 Å². The van der Waals surface area contributed by atoms with Crippen molar-refractivity contribution in [3.63, 3.8) is 0 Å². The van der Waals surface area contributed by atoms with E-state index in [0.717, 1.165) is 11.5 Å². The molecule has 0 heterocycles. The van der Waals surface area contributed by atoms with Gasteiger partial charge in [-0.1, -0.05) is 24.3 Å². The summed E-state index contributed by atoms with van der Waals surface area (Å²) >= 11 is 0. The van der Waals surface area contributed by atoms with Gasteiger partial charge in [0.1, 0.15) is 11.5 Å². The Balaban J connectivity index is 2.08. The summed E-state index contributed by atoms with van der Waals surface area (Å²) in [5.74, 6) is 1.78. The molecule has 0 radical (unpaired) electrons. The summed E-state index contributed by atoms with van der Waals surface area (Å²) in [5.41, 5.74) is 0. The lowest BCUT2D eigenvalue weighted by atomic mass is 10.3. The van der Waals surface area contributed by atoms with Crippen LogP contribution in [0.25, 0.3) is 0 Å². The molecule has 0 aromatic heterocycles. The molecular formula is C14H14O2P-. The number of benzene rings is 2. The molecule has 0 spiro atoms. The summed E-state index contributed by atoms with van der Waals surface area (Å²) in [6, 6.07) is 16.2. The van der Waals surface area contributed by atoms with E-state index in [0.29, 0.717) is 0 Å². The molecule has 0 bridgehead atoms. The Bertz CT molecular complexity index is 417. The quantitative estimate of drug-likeness (QED) is 0.771. The normalized spacial score (nSPS) is 10.0. The second-order valence-electron chi connectivity index (χ2n) is 3.51. The lowest BCUT2D eigenvalue weighted by molar-refractivity contribution is 0.415. The van der Waals surface area contributed by atoms with Crippen molar-refractivity contribution >= 4 is 19.2 Å². The molecule has 0 unspecified atom stereocenters. The molecule has 0 fully saturated rings. The monoisotopic (exact) mass is 245 g/mol. The first kappa shape index (κ1) is 11.9. The average Bonchev–Trinajstić information content (AvgIpc) is 2.40. The maximum Gasteiger partial charge on any atom is 0.118 e. The summed E-state index contributed by atoms with van der Waals surface area (Å²) in [6.07, 6.45) is 0. The highest BCUT2D eigenvalue weighted by molar-refractivity contribution is 7.55. The summed E-state index contributed by atoms with van der Waals surface area (Å²) in [5, 5.41) is 2.49. The maximum atomic E-state index is 5.13.